The molecule has 0 aliphatic carbocycles. The van der Waals surface area contributed by atoms with Gasteiger partial charge in [0.05, 0.1) is 16.5 Å². The molecule has 1 aliphatic rings. The maximum absolute atomic E-state index is 12.4. The fraction of sp³-hybridized carbons (Fsp3) is 0.438. The molecule has 1 saturated heterocycles. The lowest BCUT2D eigenvalue weighted by Gasteiger charge is -2.30. The molecule has 1 aliphatic heterocycles. The van der Waals surface area contributed by atoms with Gasteiger partial charge in [-0.05, 0) is 37.6 Å². The number of benzene rings is 1. The number of hydrogen-bond acceptors (Lipinski definition) is 4. The number of fused-ring (bicyclic) bond motifs is 1. The fourth-order valence-electron chi connectivity index (χ4n) is 3.29. The number of pyridine rings is 1. The zero-order valence-corrected chi connectivity index (χ0v) is 12.9. The molecule has 1 aromatic carbocycles. The van der Waals surface area contributed by atoms with Gasteiger partial charge in [0.15, 0.2) is 9.84 Å². The summed E-state index contributed by atoms with van der Waals surface area (Å²) in [7, 11) is -1.20. The van der Waals surface area contributed by atoms with Crippen molar-refractivity contribution in [2.75, 3.05) is 12.8 Å². The predicted octanol–water partition coefficient (Wildman–Crippen LogP) is 2.46. The van der Waals surface area contributed by atoms with Crippen LogP contribution >= 0.6 is 0 Å². The first-order chi connectivity index (χ1) is 10.1. The van der Waals surface area contributed by atoms with Crippen molar-refractivity contribution >= 4 is 20.7 Å². The van der Waals surface area contributed by atoms with Crippen LogP contribution in [0.4, 0.5) is 0 Å². The van der Waals surface area contributed by atoms with E-state index in [9.17, 15) is 8.42 Å². The van der Waals surface area contributed by atoms with Gasteiger partial charge in [0.1, 0.15) is 0 Å². The average Bonchev–Trinajstić information content (AvgIpc) is 2.49. The van der Waals surface area contributed by atoms with Gasteiger partial charge in [-0.2, -0.15) is 0 Å². The van der Waals surface area contributed by atoms with Crippen LogP contribution in [-0.2, 0) is 9.84 Å². The summed E-state index contributed by atoms with van der Waals surface area (Å²) in [6, 6.07) is 9.65. The number of nitrogens with zero attached hydrogens (tertiary/aromatic N) is 1. The maximum atomic E-state index is 12.4. The number of rotatable bonds is 3. The average molecular weight is 304 g/mol. The Morgan fingerprint density at radius 3 is 2.86 bits per heavy atom. The molecule has 3 rings (SSSR count). The van der Waals surface area contributed by atoms with E-state index in [1.807, 2.05) is 37.4 Å². The summed E-state index contributed by atoms with van der Waals surface area (Å²) in [4.78, 5) is 4.36. The SMILES string of the molecule is CNC(c1cccc2ncccc12)C1CCCCS1(=O)=O. The standard InChI is InChI=1S/C16H20N2O2S/c1-17-16(15-9-2-3-11-21(15,19)20)13-6-4-8-14-12(13)7-5-10-18-14/h4-8,10,15-17H,2-3,9,11H2,1H3. The molecule has 0 radical (unpaired) electrons. The first kappa shape index (κ1) is 14.5. The van der Waals surface area contributed by atoms with E-state index in [0.29, 0.717) is 5.75 Å². The fourth-order valence-corrected chi connectivity index (χ4v) is 5.43. The molecule has 1 N–H and O–H groups in total. The third-order valence-corrected chi connectivity index (χ3v) is 6.61. The highest BCUT2D eigenvalue weighted by atomic mass is 32.2. The summed E-state index contributed by atoms with van der Waals surface area (Å²) < 4.78 is 24.9. The number of aromatic nitrogens is 1. The summed E-state index contributed by atoms with van der Waals surface area (Å²) in [5, 5.41) is 3.91. The van der Waals surface area contributed by atoms with Gasteiger partial charge in [0, 0.05) is 17.6 Å². The van der Waals surface area contributed by atoms with Crippen LogP contribution in [0.5, 0.6) is 0 Å². The monoisotopic (exact) mass is 304 g/mol. The summed E-state index contributed by atoms with van der Waals surface area (Å²) >= 11 is 0. The lowest BCUT2D eigenvalue weighted by atomic mass is 9.96. The van der Waals surface area contributed by atoms with E-state index in [4.69, 9.17) is 0 Å². The Bertz CT molecular complexity index is 738. The highest BCUT2D eigenvalue weighted by Crippen LogP contribution is 2.33. The van der Waals surface area contributed by atoms with Crippen LogP contribution in [0.1, 0.15) is 30.9 Å². The van der Waals surface area contributed by atoms with Crippen molar-refractivity contribution in [1.29, 1.82) is 0 Å². The van der Waals surface area contributed by atoms with Gasteiger partial charge >= 0.3 is 0 Å². The van der Waals surface area contributed by atoms with Gasteiger partial charge in [-0.15, -0.1) is 0 Å². The minimum atomic E-state index is -3.03. The number of hydrogen-bond donors (Lipinski definition) is 1. The van der Waals surface area contributed by atoms with Crippen LogP contribution in [0.15, 0.2) is 36.5 Å². The minimum absolute atomic E-state index is 0.178. The normalized spacial score (nSPS) is 23.0. The highest BCUT2D eigenvalue weighted by Gasteiger charge is 2.36. The molecule has 0 bridgehead atoms. The van der Waals surface area contributed by atoms with Crippen molar-refractivity contribution in [3.05, 3.63) is 42.1 Å². The summed E-state index contributed by atoms with van der Waals surface area (Å²) in [6.45, 7) is 0. The lowest BCUT2D eigenvalue weighted by molar-refractivity contribution is 0.471. The van der Waals surface area contributed by atoms with Gasteiger partial charge in [0.2, 0.25) is 0 Å². The van der Waals surface area contributed by atoms with Crippen molar-refractivity contribution in [3.63, 3.8) is 0 Å². The molecular weight excluding hydrogens is 284 g/mol. The lowest BCUT2D eigenvalue weighted by Crippen LogP contribution is -2.39. The molecule has 112 valence electrons. The quantitative estimate of drug-likeness (QED) is 0.946. The molecule has 0 saturated carbocycles. The van der Waals surface area contributed by atoms with Crippen molar-refractivity contribution in [2.24, 2.45) is 0 Å². The Labute approximate surface area is 125 Å². The predicted molar refractivity (Wildman–Crippen MR) is 85.0 cm³/mol. The summed E-state index contributed by atoms with van der Waals surface area (Å²) in [5.41, 5.74) is 1.93. The number of sulfone groups is 1. The Hall–Kier alpha value is -1.46. The first-order valence-electron chi connectivity index (χ1n) is 7.36. The highest BCUT2D eigenvalue weighted by molar-refractivity contribution is 7.92. The molecule has 2 heterocycles. The Morgan fingerprint density at radius 1 is 1.24 bits per heavy atom. The molecule has 0 spiro atoms. The molecule has 5 heteroatoms. The first-order valence-corrected chi connectivity index (χ1v) is 9.07. The topological polar surface area (TPSA) is 59.1 Å². The zero-order valence-electron chi connectivity index (χ0n) is 12.1. The maximum Gasteiger partial charge on any atom is 0.155 e. The second kappa shape index (κ2) is 5.73. The van der Waals surface area contributed by atoms with Crippen molar-refractivity contribution in [1.82, 2.24) is 10.3 Å². The van der Waals surface area contributed by atoms with E-state index >= 15 is 0 Å². The van der Waals surface area contributed by atoms with E-state index in [2.05, 4.69) is 10.3 Å². The molecule has 2 aromatic rings. The molecule has 4 nitrogen and oxygen atoms in total. The van der Waals surface area contributed by atoms with Crippen LogP contribution in [0.2, 0.25) is 0 Å². The molecule has 1 fully saturated rings. The van der Waals surface area contributed by atoms with Gasteiger partial charge in [0.25, 0.3) is 0 Å². The van der Waals surface area contributed by atoms with Crippen LogP contribution in [-0.4, -0.2) is 31.5 Å². The van der Waals surface area contributed by atoms with Crippen LogP contribution in [0.3, 0.4) is 0 Å². The molecule has 2 unspecified atom stereocenters. The van der Waals surface area contributed by atoms with E-state index < -0.39 is 9.84 Å². The third-order valence-electron chi connectivity index (χ3n) is 4.33. The summed E-state index contributed by atoms with van der Waals surface area (Å²) in [6.07, 6.45) is 4.25. The van der Waals surface area contributed by atoms with Gasteiger partial charge in [-0.3, -0.25) is 4.98 Å². The van der Waals surface area contributed by atoms with Crippen molar-refractivity contribution in [2.45, 2.75) is 30.6 Å². The van der Waals surface area contributed by atoms with Crippen LogP contribution < -0.4 is 5.32 Å². The molecule has 1 aromatic heterocycles. The van der Waals surface area contributed by atoms with E-state index in [1.165, 1.54) is 0 Å². The largest absolute Gasteiger partial charge is 0.312 e. The molecular formula is C16H20N2O2S. The Kier molecular flexibility index (Phi) is 3.95. The van der Waals surface area contributed by atoms with Gasteiger partial charge in [-0.25, -0.2) is 8.42 Å². The number of nitrogens with one attached hydrogen (secondary N) is 1. The Morgan fingerprint density at radius 2 is 2.10 bits per heavy atom. The van der Waals surface area contributed by atoms with E-state index in [-0.39, 0.29) is 11.3 Å². The van der Waals surface area contributed by atoms with E-state index in [0.717, 1.165) is 35.7 Å². The third kappa shape index (κ3) is 2.68. The zero-order chi connectivity index (χ0) is 14.9. The van der Waals surface area contributed by atoms with Gasteiger partial charge in [-0.1, -0.05) is 24.6 Å². The molecule has 2 atom stereocenters. The Balaban J connectivity index is 2.10. The minimum Gasteiger partial charge on any atom is -0.312 e. The molecule has 21 heavy (non-hydrogen) atoms. The van der Waals surface area contributed by atoms with Crippen molar-refractivity contribution in [3.8, 4) is 0 Å². The summed E-state index contributed by atoms with van der Waals surface area (Å²) in [5.74, 6) is 0.304. The van der Waals surface area contributed by atoms with Crippen LogP contribution in [0.25, 0.3) is 10.9 Å². The van der Waals surface area contributed by atoms with Crippen molar-refractivity contribution < 1.29 is 8.42 Å². The van der Waals surface area contributed by atoms with Crippen LogP contribution in [0, 0.1) is 0 Å². The molecule has 0 amide bonds. The van der Waals surface area contributed by atoms with Gasteiger partial charge < -0.3 is 5.32 Å². The second-order valence-corrected chi connectivity index (χ2v) is 7.92. The smallest absolute Gasteiger partial charge is 0.155 e. The van der Waals surface area contributed by atoms with E-state index in [1.54, 1.807) is 6.20 Å². The second-order valence-electron chi connectivity index (χ2n) is 5.58.